The average molecular weight is 295 g/mol. The summed E-state index contributed by atoms with van der Waals surface area (Å²) in [7, 11) is 1.90. The van der Waals surface area contributed by atoms with Crippen molar-refractivity contribution in [1.82, 2.24) is 9.88 Å². The predicted molar refractivity (Wildman–Crippen MR) is 88.7 cm³/mol. The summed E-state index contributed by atoms with van der Waals surface area (Å²) in [5.74, 6) is 0.207. The van der Waals surface area contributed by atoms with Crippen molar-refractivity contribution in [3.05, 3.63) is 48.3 Å². The van der Waals surface area contributed by atoms with Gasteiger partial charge < -0.3 is 10.2 Å². The van der Waals surface area contributed by atoms with E-state index in [0.29, 0.717) is 6.42 Å². The van der Waals surface area contributed by atoms with E-state index in [0.717, 1.165) is 48.3 Å². The van der Waals surface area contributed by atoms with Crippen molar-refractivity contribution in [2.75, 3.05) is 25.5 Å². The number of anilines is 1. The number of hydrogen-bond acceptors (Lipinski definition) is 3. The van der Waals surface area contributed by atoms with Gasteiger partial charge in [0.1, 0.15) is 0 Å². The molecule has 1 N–H and O–H groups in total. The molecule has 1 saturated heterocycles. The molecule has 2 aromatic rings. The Balaban J connectivity index is 1.83. The van der Waals surface area contributed by atoms with Crippen molar-refractivity contribution < 1.29 is 4.79 Å². The number of rotatable bonds is 4. The van der Waals surface area contributed by atoms with Crippen molar-refractivity contribution in [1.29, 1.82) is 0 Å². The number of amides is 1. The lowest BCUT2D eigenvalue weighted by Crippen LogP contribution is -2.29. The maximum Gasteiger partial charge on any atom is 0.227 e. The molecule has 1 aromatic heterocycles. The van der Waals surface area contributed by atoms with Crippen molar-refractivity contribution in [2.24, 2.45) is 0 Å². The van der Waals surface area contributed by atoms with Gasteiger partial charge in [0.15, 0.2) is 0 Å². The number of nitrogens with zero attached hydrogens (tertiary/aromatic N) is 2. The van der Waals surface area contributed by atoms with Gasteiger partial charge in [-0.05, 0) is 47.7 Å². The smallest absolute Gasteiger partial charge is 0.227 e. The first-order valence-electron chi connectivity index (χ1n) is 7.77. The van der Waals surface area contributed by atoms with E-state index in [9.17, 15) is 4.79 Å². The Labute approximate surface area is 131 Å². The second-order valence-electron chi connectivity index (χ2n) is 5.62. The van der Waals surface area contributed by atoms with Crippen LogP contribution < -0.4 is 5.32 Å². The molecule has 1 aliphatic rings. The molecule has 0 spiro atoms. The Morgan fingerprint density at radius 2 is 1.91 bits per heavy atom. The molecule has 4 heteroatoms. The van der Waals surface area contributed by atoms with Gasteiger partial charge >= 0.3 is 0 Å². The van der Waals surface area contributed by atoms with E-state index < -0.39 is 0 Å². The third-order valence-corrected chi connectivity index (χ3v) is 4.19. The molecule has 114 valence electrons. The number of likely N-dealkylation sites (tertiary alicyclic amines) is 1. The minimum atomic E-state index is 0.207. The first kappa shape index (κ1) is 14.6. The summed E-state index contributed by atoms with van der Waals surface area (Å²) in [5, 5.41) is 3.12. The van der Waals surface area contributed by atoms with Crippen molar-refractivity contribution >= 4 is 11.6 Å². The van der Waals surface area contributed by atoms with Gasteiger partial charge in [-0.1, -0.05) is 12.1 Å². The topological polar surface area (TPSA) is 45.2 Å². The van der Waals surface area contributed by atoms with E-state index in [4.69, 9.17) is 0 Å². The Morgan fingerprint density at radius 3 is 2.59 bits per heavy atom. The standard InChI is InChI=1S/C18H21N3O/c1-19-16-6-4-14(5-7-16)17-8-9-20-13-15(17)12-18(22)21-10-2-3-11-21/h4-9,13,19H,2-3,10-12H2,1H3. The van der Waals surface area contributed by atoms with Gasteiger partial charge in [-0.15, -0.1) is 0 Å². The van der Waals surface area contributed by atoms with Crippen LogP contribution in [0.1, 0.15) is 18.4 Å². The molecule has 1 aliphatic heterocycles. The zero-order valence-corrected chi connectivity index (χ0v) is 12.9. The minimum absolute atomic E-state index is 0.207. The Morgan fingerprint density at radius 1 is 1.18 bits per heavy atom. The molecule has 1 aromatic carbocycles. The Hall–Kier alpha value is -2.36. The fraction of sp³-hybridized carbons (Fsp3) is 0.333. The van der Waals surface area contributed by atoms with E-state index in [1.807, 2.05) is 36.3 Å². The summed E-state index contributed by atoms with van der Waals surface area (Å²) in [6, 6.07) is 10.2. The van der Waals surface area contributed by atoms with Gasteiger partial charge in [0.2, 0.25) is 5.91 Å². The molecule has 2 heterocycles. The quantitative estimate of drug-likeness (QED) is 0.943. The molecule has 1 fully saturated rings. The molecule has 0 aliphatic carbocycles. The minimum Gasteiger partial charge on any atom is -0.388 e. The van der Waals surface area contributed by atoms with E-state index in [-0.39, 0.29) is 5.91 Å². The van der Waals surface area contributed by atoms with Gasteiger partial charge in [-0.2, -0.15) is 0 Å². The van der Waals surface area contributed by atoms with E-state index in [1.165, 1.54) is 0 Å². The second kappa shape index (κ2) is 6.60. The molecule has 0 bridgehead atoms. The average Bonchev–Trinajstić information content (AvgIpc) is 3.10. The molecular formula is C18H21N3O. The normalized spacial score (nSPS) is 14.1. The monoisotopic (exact) mass is 295 g/mol. The van der Waals surface area contributed by atoms with Crippen LogP contribution >= 0.6 is 0 Å². The zero-order chi connectivity index (χ0) is 15.4. The maximum absolute atomic E-state index is 12.4. The Bertz CT molecular complexity index is 646. The molecule has 4 nitrogen and oxygen atoms in total. The van der Waals surface area contributed by atoms with Gasteiger partial charge in [-0.3, -0.25) is 9.78 Å². The molecule has 22 heavy (non-hydrogen) atoms. The lowest BCUT2D eigenvalue weighted by Gasteiger charge is -2.16. The van der Waals surface area contributed by atoms with E-state index >= 15 is 0 Å². The maximum atomic E-state index is 12.4. The van der Waals surface area contributed by atoms with Gasteiger partial charge in [0.05, 0.1) is 6.42 Å². The highest BCUT2D eigenvalue weighted by Gasteiger charge is 2.19. The number of pyridine rings is 1. The van der Waals surface area contributed by atoms with Gasteiger partial charge in [0.25, 0.3) is 0 Å². The summed E-state index contributed by atoms with van der Waals surface area (Å²) in [6.07, 6.45) is 6.27. The van der Waals surface area contributed by atoms with E-state index in [1.54, 1.807) is 6.20 Å². The predicted octanol–water partition coefficient (Wildman–Crippen LogP) is 2.96. The molecule has 0 unspecified atom stereocenters. The zero-order valence-electron chi connectivity index (χ0n) is 12.9. The van der Waals surface area contributed by atoms with Crippen LogP contribution in [0.25, 0.3) is 11.1 Å². The van der Waals surface area contributed by atoms with Crippen LogP contribution in [-0.2, 0) is 11.2 Å². The summed E-state index contributed by atoms with van der Waals surface area (Å²) in [6.45, 7) is 1.79. The first-order valence-corrected chi connectivity index (χ1v) is 7.77. The van der Waals surface area contributed by atoms with E-state index in [2.05, 4.69) is 22.4 Å². The van der Waals surface area contributed by atoms with Crippen molar-refractivity contribution in [2.45, 2.75) is 19.3 Å². The highest BCUT2D eigenvalue weighted by molar-refractivity contribution is 5.82. The highest BCUT2D eigenvalue weighted by atomic mass is 16.2. The van der Waals surface area contributed by atoms with Gasteiger partial charge in [-0.25, -0.2) is 0 Å². The van der Waals surface area contributed by atoms with Crippen LogP contribution in [0.2, 0.25) is 0 Å². The van der Waals surface area contributed by atoms with Crippen molar-refractivity contribution in [3.63, 3.8) is 0 Å². The molecule has 3 rings (SSSR count). The second-order valence-corrected chi connectivity index (χ2v) is 5.62. The third-order valence-electron chi connectivity index (χ3n) is 4.19. The fourth-order valence-electron chi connectivity index (χ4n) is 2.91. The third kappa shape index (κ3) is 3.11. The summed E-state index contributed by atoms with van der Waals surface area (Å²) >= 11 is 0. The molecule has 1 amide bonds. The van der Waals surface area contributed by atoms with Crippen molar-refractivity contribution in [3.8, 4) is 11.1 Å². The summed E-state index contributed by atoms with van der Waals surface area (Å²) in [5.41, 5.74) is 4.28. The Kier molecular flexibility index (Phi) is 4.37. The lowest BCUT2D eigenvalue weighted by atomic mass is 9.99. The molecule has 0 atom stereocenters. The van der Waals surface area contributed by atoms with Gasteiger partial charge in [0, 0.05) is 38.2 Å². The van der Waals surface area contributed by atoms with Crippen LogP contribution in [0.5, 0.6) is 0 Å². The highest BCUT2D eigenvalue weighted by Crippen LogP contribution is 2.25. The number of hydrogen-bond donors (Lipinski definition) is 1. The van der Waals surface area contributed by atoms with Crippen LogP contribution in [0.3, 0.4) is 0 Å². The number of nitrogens with one attached hydrogen (secondary N) is 1. The number of carbonyl (C=O) groups excluding carboxylic acids is 1. The fourth-order valence-corrected chi connectivity index (χ4v) is 2.91. The lowest BCUT2D eigenvalue weighted by molar-refractivity contribution is -0.129. The SMILES string of the molecule is CNc1ccc(-c2ccncc2CC(=O)N2CCCC2)cc1. The molecule has 0 saturated carbocycles. The van der Waals surface area contributed by atoms with Crippen LogP contribution in [0.15, 0.2) is 42.7 Å². The van der Waals surface area contributed by atoms with Crippen LogP contribution in [0, 0.1) is 0 Å². The molecule has 0 radical (unpaired) electrons. The first-order chi connectivity index (χ1) is 10.8. The molecular weight excluding hydrogens is 274 g/mol. The van der Waals surface area contributed by atoms with Crippen LogP contribution in [-0.4, -0.2) is 35.9 Å². The summed E-state index contributed by atoms with van der Waals surface area (Å²) < 4.78 is 0. The van der Waals surface area contributed by atoms with Crippen LogP contribution in [0.4, 0.5) is 5.69 Å². The summed E-state index contributed by atoms with van der Waals surface area (Å²) in [4.78, 5) is 18.5. The number of aromatic nitrogens is 1. The largest absolute Gasteiger partial charge is 0.388 e. The number of benzene rings is 1. The number of carbonyl (C=O) groups is 1.